The van der Waals surface area contributed by atoms with Crippen molar-refractivity contribution >= 4 is 0 Å². The highest BCUT2D eigenvalue weighted by Crippen LogP contribution is 2.21. The van der Waals surface area contributed by atoms with Crippen molar-refractivity contribution < 1.29 is 14.0 Å². The maximum Gasteiger partial charge on any atom is 0.246 e. The summed E-state index contributed by atoms with van der Waals surface area (Å²) in [6.45, 7) is 0.271. The summed E-state index contributed by atoms with van der Waals surface area (Å²) in [6, 6.07) is 15.1. The summed E-state index contributed by atoms with van der Waals surface area (Å²) in [4.78, 5) is 8.57. The van der Waals surface area contributed by atoms with Crippen molar-refractivity contribution in [1.82, 2.24) is 19.7 Å². The smallest absolute Gasteiger partial charge is 0.246 e. The Kier molecular flexibility index (Phi) is 4.28. The molecule has 0 aliphatic carbocycles. The van der Waals surface area contributed by atoms with Crippen LogP contribution in [0.2, 0.25) is 0 Å². The summed E-state index contributed by atoms with van der Waals surface area (Å²) < 4.78 is 20.0. The molecule has 2 aromatic heterocycles. The van der Waals surface area contributed by atoms with Crippen molar-refractivity contribution in [2.24, 2.45) is 0 Å². The Bertz CT molecular complexity index is 996. The largest absolute Gasteiger partial charge is 0.380 e. The molecule has 0 bridgehead atoms. The van der Waals surface area contributed by atoms with E-state index in [1.807, 2.05) is 30.3 Å². The Labute approximate surface area is 148 Å². The van der Waals surface area contributed by atoms with Crippen molar-refractivity contribution in [3.05, 3.63) is 90.1 Å². The molecule has 0 saturated carbocycles. The number of imidazole rings is 1. The molecule has 1 atom stereocenters. The second kappa shape index (κ2) is 6.89. The topological polar surface area (TPSA) is 77.0 Å². The molecule has 6 nitrogen and oxygen atoms in total. The lowest BCUT2D eigenvalue weighted by atomic mass is 10.1. The summed E-state index contributed by atoms with van der Waals surface area (Å²) in [5.74, 6) is 0.905. The minimum atomic E-state index is -0.856. The Hall–Kier alpha value is -3.32. The van der Waals surface area contributed by atoms with Crippen LogP contribution in [-0.4, -0.2) is 24.8 Å². The van der Waals surface area contributed by atoms with Gasteiger partial charge in [0, 0.05) is 18.0 Å². The van der Waals surface area contributed by atoms with E-state index < -0.39 is 6.10 Å². The van der Waals surface area contributed by atoms with Gasteiger partial charge in [0.2, 0.25) is 11.7 Å². The molecule has 0 amide bonds. The number of aliphatic hydroxyl groups excluding tert-OH is 1. The van der Waals surface area contributed by atoms with Crippen LogP contribution >= 0.6 is 0 Å². The monoisotopic (exact) mass is 350 g/mol. The first-order chi connectivity index (χ1) is 12.7. The zero-order chi connectivity index (χ0) is 17.9. The predicted molar refractivity (Wildman–Crippen MR) is 91.5 cm³/mol. The molecular weight excluding hydrogens is 335 g/mol. The number of nitrogens with zero attached hydrogens (tertiary/aromatic N) is 4. The van der Waals surface area contributed by atoms with Gasteiger partial charge in [-0.05, 0) is 29.8 Å². The van der Waals surface area contributed by atoms with E-state index in [1.54, 1.807) is 29.1 Å². The van der Waals surface area contributed by atoms with Crippen molar-refractivity contribution in [3.8, 4) is 11.4 Å². The third kappa shape index (κ3) is 3.25. The van der Waals surface area contributed by atoms with Gasteiger partial charge in [-0.25, -0.2) is 9.37 Å². The first kappa shape index (κ1) is 16.2. The van der Waals surface area contributed by atoms with E-state index in [2.05, 4.69) is 15.1 Å². The lowest BCUT2D eigenvalue weighted by molar-refractivity contribution is 0.204. The van der Waals surface area contributed by atoms with Crippen LogP contribution in [0, 0.1) is 5.82 Å². The van der Waals surface area contributed by atoms with Gasteiger partial charge in [0.15, 0.2) is 0 Å². The summed E-state index contributed by atoms with van der Waals surface area (Å²) in [6.07, 6.45) is 2.49. The molecule has 0 aliphatic heterocycles. The standard InChI is InChI=1S/C19H15FN4O2/c20-15-8-6-14(7-9-15)18-22-16(26-23-18)12-24-11-10-21-19(24)17(25)13-4-2-1-3-5-13/h1-11,17,25H,12H2/t17-/m1/s1. The maximum absolute atomic E-state index is 13.0. The maximum atomic E-state index is 13.0. The van der Waals surface area contributed by atoms with Gasteiger partial charge in [-0.2, -0.15) is 4.98 Å². The second-order valence-electron chi connectivity index (χ2n) is 5.75. The molecule has 0 unspecified atom stereocenters. The average molecular weight is 350 g/mol. The Morgan fingerprint density at radius 2 is 1.85 bits per heavy atom. The SMILES string of the molecule is O[C@H](c1ccccc1)c1nccn1Cc1nc(-c2ccc(F)cc2)no1. The lowest BCUT2D eigenvalue weighted by Gasteiger charge is -2.12. The number of aliphatic hydroxyl groups is 1. The number of benzene rings is 2. The highest BCUT2D eigenvalue weighted by molar-refractivity contribution is 5.53. The third-order valence-electron chi connectivity index (χ3n) is 3.98. The van der Waals surface area contributed by atoms with Crippen LogP contribution in [0.4, 0.5) is 4.39 Å². The van der Waals surface area contributed by atoms with E-state index in [9.17, 15) is 9.50 Å². The molecule has 4 rings (SSSR count). The quantitative estimate of drug-likeness (QED) is 0.598. The fourth-order valence-corrected chi connectivity index (χ4v) is 2.67. The van der Waals surface area contributed by atoms with Gasteiger partial charge < -0.3 is 14.2 Å². The molecule has 2 aromatic carbocycles. The Morgan fingerprint density at radius 3 is 2.62 bits per heavy atom. The number of halogens is 1. The number of hydrogen-bond donors (Lipinski definition) is 1. The van der Waals surface area contributed by atoms with Gasteiger partial charge in [0.25, 0.3) is 0 Å². The molecule has 0 spiro atoms. The molecule has 26 heavy (non-hydrogen) atoms. The Morgan fingerprint density at radius 1 is 1.08 bits per heavy atom. The van der Waals surface area contributed by atoms with Crippen LogP contribution in [0.3, 0.4) is 0 Å². The molecule has 130 valence electrons. The molecular formula is C19H15FN4O2. The molecule has 0 aliphatic rings. The average Bonchev–Trinajstić information content (AvgIpc) is 3.33. The normalized spacial score (nSPS) is 12.2. The van der Waals surface area contributed by atoms with E-state index in [0.29, 0.717) is 23.1 Å². The van der Waals surface area contributed by atoms with Gasteiger partial charge in [0.1, 0.15) is 24.3 Å². The van der Waals surface area contributed by atoms with E-state index in [0.717, 1.165) is 5.56 Å². The van der Waals surface area contributed by atoms with E-state index in [-0.39, 0.29) is 12.4 Å². The van der Waals surface area contributed by atoms with Crippen LogP contribution in [0.5, 0.6) is 0 Å². The summed E-state index contributed by atoms with van der Waals surface area (Å²) in [7, 11) is 0. The van der Waals surface area contributed by atoms with E-state index >= 15 is 0 Å². The summed E-state index contributed by atoms with van der Waals surface area (Å²) in [5.41, 5.74) is 1.41. The molecule has 0 saturated heterocycles. The first-order valence-corrected chi connectivity index (χ1v) is 8.03. The van der Waals surface area contributed by atoms with Crippen LogP contribution in [0.15, 0.2) is 71.5 Å². The molecule has 2 heterocycles. The van der Waals surface area contributed by atoms with Crippen molar-refractivity contribution in [3.63, 3.8) is 0 Å². The zero-order valence-electron chi connectivity index (χ0n) is 13.7. The zero-order valence-corrected chi connectivity index (χ0v) is 13.7. The van der Waals surface area contributed by atoms with Crippen LogP contribution in [0.25, 0.3) is 11.4 Å². The summed E-state index contributed by atoms with van der Waals surface area (Å²) in [5, 5.41) is 14.5. The van der Waals surface area contributed by atoms with Crippen LogP contribution < -0.4 is 0 Å². The molecule has 0 fully saturated rings. The number of hydrogen-bond acceptors (Lipinski definition) is 5. The highest BCUT2D eigenvalue weighted by Gasteiger charge is 2.18. The number of aromatic nitrogens is 4. The fourth-order valence-electron chi connectivity index (χ4n) is 2.67. The van der Waals surface area contributed by atoms with Gasteiger partial charge >= 0.3 is 0 Å². The third-order valence-corrected chi connectivity index (χ3v) is 3.98. The van der Waals surface area contributed by atoms with E-state index in [1.165, 1.54) is 12.1 Å². The number of rotatable bonds is 5. The second-order valence-corrected chi connectivity index (χ2v) is 5.75. The lowest BCUT2D eigenvalue weighted by Crippen LogP contribution is -2.10. The van der Waals surface area contributed by atoms with Crippen molar-refractivity contribution in [2.45, 2.75) is 12.6 Å². The van der Waals surface area contributed by atoms with Crippen molar-refractivity contribution in [1.29, 1.82) is 0 Å². The van der Waals surface area contributed by atoms with E-state index in [4.69, 9.17) is 4.52 Å². The first-order valence-electron chi connectivity index (χ1n) is 8.03. The minimum absolute atomic E-state index is 0.271. The van der Waals surface area contributed by atoms with Crippen LogP contribution in [0.1, 0.15) is 23.4 Å². The Balaban J connectivity index is 1.56. The predicted octanol–water partition coefficient (Wildman–Crippen LogP) is 3.20. The van der Waals surface area contributed by atoms with Gasteiger partial charge in [0.05, 0.1) is 0 Å². The van der Waals surface area contributed by atoms with Gasteiger partial charge in [-0.15, -0.1) is 0 Å². The minimum Gasteiger partial charge on any atom is -0.380 e. The summed E-state index contributed by atoms with van der Waals surface area (Å²) >= 11 is 0. The molecule has 0 radical (unpaired) electrons. The molecule has 4 aromatic rings. The van der Waals surface area contributed by atoms with Crippen molar-refractivity contribution in [2.75, 3.05) is 0 Å². The fraction of sp³-hybridized carbons (Fsp3) is 0.105. The van der Waals surface area contributed by atoms with Gasteiger partial charge in [-0.3, -0.25) is 0 Å². The van der Waals surface area contributed by atoms with Crippen LogP contribution in [-0.2, 0) is 6.54 Å². The molecule has 1 N–H and O–H groups in total. The molecule has 7 heteroatoms. The highest BCUT2D eigenvalue weighted by atomic mass is 19.1. The van der Waals surface area contributed by atoms with Gasteiger partial charge in [-0.1, -0.05) is 35.5 Å².